The van der Waals surface area contributed by atoms with Gasteiger partial charge in [0.2, 0.25) is 0 Å². The highest BCUT2D eigenvalue weighted by atomic mass is 127. The summed E-state index contributed by atoms with van der Waals surface area (Å²) < 4.78 is 14.0. The Labute approximate surface area is 108 Å². The van der Waals surface area contributed by atoms with Crippen LogP contribution in [0.25, 0.3) is 10.9 Å². The van der Waals surface area contributed by atoms with Crippen molar-refractivity contribution in [1.29, 1.82) is 0 Å². The maximum absolute atomic E-state index is 5.66. The van der Waals surface area contributed by atoms with E-state index in [2.05, 4.69) is 33.2 Å². The van der Waals surface area contributed by atoms with E-state index in [0.717, 1.165) is 21.4 Å². The quantitative estimate of drug-likeness (QED) is 0.635. The molecule has 0 saturated carbocycles. The minimum absolute atomic E-state index is 0.701. The molecule has 2 rings (SSSR count). The number of benzene rings is 1. The lowest BCUT2D eigenvalue weighted by Gasteiger charge is -2.10. The summed E-state index contributed by atoms with van der Waals surface area (Å²) in [7, 11) is 3.69. The number of hydrogen-bond donors (Lipinski definition) is 0. The number of alkyl halides is 1. The van der Waals surface area contributed by atoms with Crippen LogP contribution in [-0.2, 0) is 7.05 Å². The first-order valence-electron chi connectivity index (χ1n) is 5.08. The van der Waals surface area contributed by atoms with E-state index in [4.69, 9.17) is 9.47 Å². The molecule has 1 aromatic carbocycles. The highest BCUT2D eigenvalue weighted by molar-refractivity contribution is 14.1. The Morgan fingerprint density at radius 2 is 2.12 bits per heavy atom. The van der Waals surface area contributed by atoms with Gasteiger partial charge in [-0.05, 0) is 12.1 Å². The highest BCUT2D eigenvalue weighted by Gasteiger charge is 2.08. The fourth-order valence-electron chi connectivity index (χ4n) is 1.70. The summed E-state index contributed by atoms with van der Waals surface area (Å²) in [4.78, 5) is 0. The lowest BCUT2D eigenvalue weighted by molar-refractivity contribution is 0.316. The Hall–Kier alpha value is -0.910. The number of ether oxygens (including phenoxy) is 2. The van der Waals surface area contributed by atoms with E-state index >= 15 is 0 Å². The van der Waals surface area contributed by atoms with E-state index in [1.807, 2.05) is 25.4 Å². The van der Waals surface area contributed by atoms with Gasteiger partial charge in [-0.1, -0.05) is 22.6 Å². The van der Waals surface area contributed by atoms with E-state index in [0.29, 0.717) is 6.61 Å². The third-order valence-electron chi connectivity index (χ3n) is 2.51. The second kappa shape index (κ2) is 4.95. The van der Waals surface area contributed by atoms with E-state index in [1.165, 1.54) is 5.39 Å². The predicted molar refractivity (Wildman–Crippen MR) is 73.9 cm³/mol. The standard InChI is InChI=1S/C12H14INO2/c1-14-5-3-9-7-11(15-2)12(8-10(9)14)16-6-4-13/h3,5,7-8H,4,6H2,1-2H3. The van der Waals surface area contributed by atoms with Crippen molar-refractivity contribution in [3.63, 3.8) is 0 Å². The zero-order chi connectivity index (χ0) is 11.5. The number of rotatable bonds is 4. The molecule has 0 radical (unpaired) electrons. The van der Waals surface area contributed by atoms with Crippen LogP contribution < -0.4 is 9.47 Å². The van der Waals surface area contributed by atoms with Crippen molar-refractivity contribution < 1.29 is 9.47 Å². The van der Waals surface area contributed by atoms with Crippen LogP contribution in [0.5, 0.6) is 11.5 Å². The lowest BCUT2D eigenvalue weighted by Crippen LogP contribution is -2.00. The molecule has 4 heteroatoms. The number of nitrogens with zero attached hydrogens (tertiary/aromatic N) is 1. The normalized spacial score (nSPS) is 10.7. The molecule has 0 spiro atoms. The molecule has 0 aliphatic rings. The average molecular weight is 331 g/mol. The van der Waals surface area contributed by atoms with Crippen LogP contribution in [0.15, 0.2) is 24.4 Å². The van der Waals surface area contributed by atoms with Crippen LogP contribution in [0.3, 0.4) is 0 Å². The van der Waals surface area contributed by atoms with Crippen molar-refractivity contribution >= 4 is 33.5 Å². The predicted octanol–water partition coefficient (Wildman–Crippen LogP) is 3.00. The molecule has 0 fully saturated rings. The van der Waals surface area contributed by atoms with Gasteiger partial charge in [-0.3, -0.25) is 0 Å². The van der Waals surface area contributed by atoms with Crippen molar-refractivity contribution in [2.75, 3.05) is 18.1 Å². The zero-order valence-electron chi connectivity index (χ0n) is 9.37. The molecule has 0 saturated heterocycles. The number of aromatic nitrogens is 1. The summed E-state index contributed by atoms with van der Waals surface area (Å²) in [5, 5.41) is 1.17. The van der Waals surface area contributed by atoms with Crippen molar-refractivity contribution in [3.05, 3.63) is 24.4 Å². The molecule has 0 amide bonds. The molecule has 0 aliphatic heterocycles. The van der Waals surface area contributed by atoms with E-state index in [9.17, 15) is 0 Å². The Morgan fingerprint density at radius 1 is 1.31 bits per heavy atom. The van der Waals surface area contributed by atoms with Crippen LogP contribution in [0.4, 0.5) is 0 Å². The molecule has 1 heterocycles. The minimum Gasteiger partial charge on any atom is -0.493 e. The summed E-state index contributed by atoms with van der Waals surface area (Å²) in [6.07, 6.45) is 2.03. The molecule has 0 bridgehead atoms. The summed E-state index contributed by atoms with van der Waals surface area (Å²) in [6.45, 7) is 0.701. The van der Waals surface area contributed by atoms with Gasteiger partial charge >= 0.3 is 0 Å². The van der Waals surface area contributed by atoms with Gasteiger partial charge in [-0.2, -0.15) is 0 Å². The number of aryl methyl sites for hydroxylation is 1. The van der Waals surface area contributed by atoms with Gasteiger partial charge in [0, 0.05) is 29.1 Å². The van der Waals surface area contributed by atoms with Crippen LogP contribution in [0.2, 0.25) is 0 Å². The smallest absolute Gasteiger partial charge is 0.163 e. The van der Waals surface area contributed by atoms with E-state index in [-0.39, 0.29) is 0 Å². The van der Waals surface area contributed by atoms with E-state index < -0.39 is 0 Å². The van der Waals surface area contributed by atoms with Gasteiger partial charge in [0.1, 0.15) is 0 Å². The second-order valence-corrected chi connectivity index (χ2v) is 4.60. The molecule has 0 aliphatic carbocycles. The van der Waals surface area contributed by atoms with Crippen molar-refractivity contribution in [1.82, 2.24) is 4.57 Å². The topological polar surface area (TPSA) is 23.4 Å². The van der Waals surface area contributed by atoms with Gasteiger partial charge in [0.25, 0.3) is 0 Å². The molecule has 2 aromatic rings. The molecule has 0 N–H and O–H groups in total. The van der Waals surface area contributed by atoms with Gasteiger partial charge in [0.15, 0.2) is 11.5 Å². The molecule has 1 aromatic heterocycles. The first-order valence-corrected chi connectivity index (χ1v) is 6.60. The maximum atomic E-state index is 5.66. The molecule has 3 nitrogen and oxygen atoms in total. The molecular weight excluding hydrogens is 317 g/mol. The van der Waals surface area contributed by atoms with Crippen LogP contribution >= 0.6 is 22.6 Å². The number of fused-ring (bicyclic) bond motifs is 1. The third kappa shape index (κ3) is 2.11. The number of halogens is 1. The first-order chi connectivity index (χ1) is 7.76. The Bertz CT molecular complexity index is 493. The fourth-order valence-corrected chi connectivity index (χ4v) is 1.92. The third-order valence-corrected chi connectivity index (χ3v) is 2.95. The van der Waals surface area contributed by atoms with E-state index in [1.54, 1.807) is 7.11 Å². The number of hydrogen-bond acceptors (Lipinski definition) is 2. The fraction of sp³-hybridized carbons (Fsp3) is 0.333. The summed E-state index contributed by atoms with van der Waals surface area (Å²) in [5.41, 5.74) is 1.16. The average Bonchev–Trinajstić information content (AvgIpc) is 2.66. The summed E-state index contributed by atoms with van der Waals surface area (Å²) >= 11 is 2.29. The SMILES string of the molecule is COc1cc2ccn(C)c2cc1OCCI. The Balaban J connectivity index is 2.47. The maximum Gasteiger partial charge on any atom is 0.163 e. The Kier molecular flexibility index (Phi) is 3.58. The van der Waals surface area contributed by atoms with Crippen molar-refractivity contribution in [3.8, 4) is 11.5 Å². The highest BCUT2D eigenvalue weighted by Crippen LogP contribution is 2.32. The molecule has 0 unspecified atom stereocenters. The monoisotopic (exact) mass is 331 g/mol. The lowest BCUT2D eigenvalue weighted by atomic mass is 10.2. The summed E-state index contributed by atoms with van der Waals surface area (Å²) in [5.74, 6) is 1.61. The summed E-state index contributed by atoms with van der Waals surface area (Å²) in [6, 6.07) is 6.11. The largest absolute Gasteiger partial charge is 0.493 e. The zero-order valence-corrected chi connectivity index (χ0v) is 11.5. The molecule has 86 valence electrons. The molecule has 0 atom stereocenters. The van der Waals surface area contributed by atoms with Crippen molar-refractivity contribution in [2.45, 2.75) is 0 Å². The van der Waals surface area contributed by atoms with Crippen LogP contribution in [0.1, 0.15) is 0 Å². The Morgan fingerprint density at radius 3 is 2.81 bits per heavy atom. The van der Waals surface area contributed by atoms with Gasteiger partial charge in [-0.15, -0.1) is 0 Å². The minimum atomic E-state index is 0.701. The second-order valence-electron chi connectivity index (χ2n) is 3.53. The molecule has 16 heavy (non-hydrogen) atoms. The van der Waals surface area contributed by atoms with Crippen molar-refractivity contribution in [2.24, 2.45) is 7.05 Å². The first kappa shape index (κ1) is 11.6. The number of methoxy groups -OCH3 is 1. The van der Waals surface area contributed by atoms with Gasteiger partial charge in [0.05, 0.1) is 19.2 Å². The van der Waals surface area contributed by atoms with Crippen LogP contribution in [-0.4, -0.2) is 22.7 Å². The van der Waals surface area contributed by atoms with Gasteiger partial charge in [-0.25, -0.2) is 0 Å². The van der Waals surface area contributed by atoms with Crippen LogP contribution in [0, 0.1) is 0 Å². The molecular formula is C12H14INO2. The van der Waals surface area contributed by atoms with Gasteiger partial charge < -0.3 is 14.0 Å².